The number of likely N-dealkylation sites (N-methyl/N-ethyl adjacent to an activating group) is 1. The highest BCUT2D eigenvalue weighted by atomic mass is 16.2. The van der Waals surface area contributed by atoms with Crippen molar-refractivity contribution in [3.8, 4) is 0 Å². The summed E-state index contributed by atoms with van der Waals surface area (Å²) in [6, 6.07) is 9.64. The number of carbonyl (C=O) groups is 1. The minimum absolute atomic E-state index is 0.000268. The molecular formula is C20H25N5O. The number of aromatic nitrogens is 3. The van der Waals surface area contributed by atoms with Crippen LogP contribution in [0.5, 0.6) is 0 Å². The van der Waals surface area contributed by atoms with Gasteiger partial charge in [0.05, 0.1) is 5.52 Å². The van der Waals surface area contributed by atoms with Crippen LogP contribution in [0.25, 0.3) is 11.0 Å². The lowest BCUT2D eigenvalue weighted by atomic mass is 10.2. The van der Waals surface area contributed by atoms with Crippen LogP contribution in [0.1, 0.15) is 30.4 Å². The summed E-state index contributed by atoms with van der Waals surface area (Å²) < 4.78 is 2.00. The van der Waals surface area contributed by atoms with Gasteiger partial charge in [-0.15, -0.1) is 0 Å². The zero-order chi connectivity index (χ0) is 18.8. The summed E-state index contributed by atoms with van der Waals surface area (Å²) in [5.41, 5.74) is 10.4. The Morgan fingerprint density at radius 2 is 1.88 bits per heavy atom. The van der Waals surface area contributed by atoms with E-state index in [-0.39, 0.29) is 12.5 Å². The Bertz CT molecular complexity index is 946. The number of aryl methyl sites for hydroxylation is 3. The molecule has 0 fully saturated rings. The summed E-state index contributed by atoms with van der Waals surface area (Å²) in [6.45, 7) is 6.26. The van der Waals surface area contributed by atoms with E-state index in [0.717, 1.165) is 41.1 Å². The molecule has 1 amide bonds. The zero-order valence-electron chi connectivity index (χ0n) is 15.8. The van der Waals surface area contributed by atoms with Gasteiger partial charge in [0.15, 0.2) is 5.82 Å². The number of hydrogen-bond acceptors (Lipinski definition) is 4. The maximum absolute atomic E-state index is 12.9. The second-order valence-electron chi connectivity index (χ2n) is 6.56. The maximum atomic E-state index is 12.9. The fourth-order valence-corrected chi connectivity index (χ4v) is 3.17. The third-order valence-corrected chi connectivity index (χ3v) is 4.76. The van der Waals surface area contributed by atoms with Gasteiger partial charge in [-0.3, -0.25) is 4.79 Å². The minimum atomic E-state index is 0.000268. The Morgan fingerprint density at radius 3 is 2.54 bits per heavy atom. The van der Waals surface area contributed by atoms with E-state index >= 15 is 0 Å². The number of benzene rings is 1. The highest BCUT2D eigenvalue weighted by Crippen LogP contribution is 2.27. The second-order valence-corrected chi connectivity index (χ2v) is 6.56. The SMILES string of the molecule is CCCc1nc2c(N)nc(C)c(C)c2n1CC(=O)N(C)c1ccccc1. The van der Waals surface area contributed by atoms with E-state index in [2.05, 4.69) is 11.9 Å². The topological polar surface area (TPSA) is 77.0 Å². The van der Waals surface area contributed by atoms with Gasteiger partial charge in [0.2, 0.25) is 5.91 Å². The van der Waals surface area contributed by atoms with Crippen molar-refractivity contribution in [3.63, 3.8) is 0 Å². The number of rotatable bonds is 5. The molecule has 0 unspecified atom stereocenters. The summed E-state index contributed by atoms with van der Waals surface area (Å²) in [6.07, 6.45) is 1.73. The molecule has 0 aliphatic rings. The summed E-state index contributed by atoms with van der Waals surface area (Å²) in [4.78, 5) is 23.7. The monoisotopic (exact) mass is 351 g/mol. The fourth-order valence-electron chi connectivity index (χ4n) is 3.17. The fraction of sp³-hybridized carbons (Fsp3) is 0.350. The van der Waals surface area contributed by atoms with E-state index in [9.17, 15) is 4.79 Å². The van der Waals surface area contributed by atoms with E-state index in [1.54, 1.807) is 11.9 Å². The Hall–Kier alpha value is -2.89. The van der Waals surface area contributed by atoms with Crippen LogP contribution >= 0.6 is 0 Å². The Labute approximate surface area is 153 Å². The molecule has 6 heteroatoms. The number of anilines is 2. The van der Waals surface area contributed by atoms with Crippen molar-refractivity contribution in [2.75, 3.05) is 17.7 Å². The summed E-state index contributed by atoms with van der Waals surface area (Å²) >= 11 is 0. The van der Waals surface area contributed by atoms with Gasteiger partial charge in [0.25, 0.3) is 0 Å². The number of para-hydroxylation sites is 1. The van der Waals surface area contributed by atoms with Crippen LogP contribution in [0, 0.1) is 13.8 Å². The Morgan fingerprint density at radius 1 is 1.19 bits per heavy atom. The summed E-state index contributed by atoms with van der Waals surface area (Å²) in [5, 5.41) is 0. The molecule has 0 saturated carbocycles. The van der Waals surface area contributed by atoms with Crippen LogP contribution in [0.15, 0.2) is 30.3 Å². The van der Waals surface area contributed by atoms with Gasteiger partial charge in [0, 0.05) is 24.8 Å². The summed E-state index contributed by atoms with van der Waals surface area (Å²) in [5.74, 6) is 1.29. The number of nitrogen functional groups attached to an aromatic ring is 1. The van der Waals surface area contributed by atoms with Crippen molar-refractivity contribution in [1.29, 1.82) is 0 Å². The molecule has 0 aliphatic heterocycles. The maximum Gasteiger partial charge on any atom is 0.246 e. The van der Waals surface area contributed by atoms with E-state index in [0.29, 0.717) is 11.3 Å². The lowest BCUT2D eigenvalue weighted by Gasteiger charge is -2.19. The van der Waals surface area contributed by atoms with Gasteiger partial charge in [-0.05, 0) is 38.0 Å². The molecule has 0 radical (unpaired) electrons. The van der Waals surface area contributed by atoms with Crippen LogP contribution in [-0.4, -0.2) is 27.5 Å². The van der Waals surface area contributed by atoms with E-state index < -0.39 is 0 Å². The first-order valence-electron chi connectivity index (χ1n) is 8.87. The van der Waals surface area contributed by atoms with Crippen molar-refractivity contribution in [2.24, 2.45) is 0 Å². The summed E-state index contributed by atoms with van der Waals surface area (Å²) in [7, 11) is 1.80. The first-order chi connectivity index (χ1) is 12.4. The lowest BCUT2D eigenvalue weighted by molar-refractivity contribution is -0.118. The van der Waals surface area contributed by atoms with Crippen LogP contribution < -0.4 is 10.6 Å². The van der Waals surface area contributed by atoms with Crippen molar-refractivity contribution in [3.05, 3.63) is 47.4 Å². The van der Waals surface area contributed by atoms with Crippen molar-refractivity contribution in [1.82, 2.24) is 14.5 Å². The largest absolute Gasteiger partial charge is 0.382 e. The third-order valence-electron chi connectivity index (χ3n) is 4.76. The van der Waals surface area contributed by atoms with Crippen LogP contribution in [-0.2, 0) is 17.8 Å². The Kier molecular flexibility index (Phi) is 4.93. The van der Waals surface area contributed by atoms with Crippen LogP contribution in [0.3, 0.4) is 0 Å². The first kappa shape index (κ1) is 17.9. The quantitative estimate of drug-likeness (QED) is 0.765. The molecule has 26 heavy (non-hydrogen) atoms. The zero-order valence-corrected chi connectivity index (χ0v) is 15.8. The predicted octanol–water partition coefficient (Wildman–Crippen LogP) is 3.25. The number of nitrogens with two attached hydrogens (primary N) is 1. The Balaban J connectivity index is 2.05. The highest BCUT2D eigenvalue weighted by molar-refractivity contribution is 5.95. The van der Waals surface area contributed by atoms with E-state index in [4.69, 9.17) is 10.7 Å². The average molecular weight is 351 g/mol. The molecule has 0 spiro atoms. The number of amides is 1. The van der Waals surface area contributed by atoms with Crippen LogP contribution in [0.2, 0.25) is 0 Å². The van der Waals surface area contributed by atoms with Crippen molar-refractivity contribution in [2.45, 2.75) is 40.2 Å². The van der Waals surface area contributed by atoms with Gasteiger partial charge < -0.3 is 15.2 Å². The normalized spacial score (nSPS) is 11.1. The number of nitrogens with zero attached hydrogens (tertiary/aromatic N) is 4. The molecule has 0 atom stereocenters. The number of hydrogen-bond donors (Lipinski definition) is 1. The minimum Gasteiger partial charge on any atom is -0.382 e. The molecule has 0 bridgehead atoms. The second kappa shape index (κ2) is 7.15. The third kappa shape index (κ3) is 3.14. The van der Waals surface area contributed by atoms with Crippen molar-refractivity contribution >= 4 is 28.4 Å². The predicted molar refractivity (Wildman–Crippen MR) is 105 cm³/mol. The standard InChI is InChI=1S/C20H25N5O/c1-5-9-16-23-18-19(13(2)14(3)22-20(18)21)25(16)12-17(26)24(4)15-10-7-6-8-11-15/h6-8,10-11H,5,9,12H2,1-4H3,(H2,21,22). The molecule has 1 aromatic carbocycles. The first-order valence-corrected chi connectivity index (χ1v) is 8.87. The molecule has 0 aliphatic carbocycles. The van der Waals surface area contributed by atoms with Gasteiger partial charge in [0.1, 0.15) is 17.9 Å². The average Bonchev–Trinajstić information content (AvgIpc) is 2.99. The molecule has 0 saturated heterocycles. The van der Waals surface area contributed by atoms with Gasteiger partial charge in [-0.2, -0.15) is 0 Å². The van der Waals surface area contributed by atoms with Gasteiger partial charge in [-0.25, -0.2) is 9.97 Å². The number of carbonyl (C=O) groups excluding carboxylic acids is 1. The molecule has 3 aromatic rings. The van der Waals surface area contributed by atoms with Gasteiger partial charge in [-0.1, -0.05) is 25.1 Å². The highest BCUT2D eigenvalue weighted by Gasteiger charge is 2.20. The molecular weight excluding hydrogens is 326 g/mol. The van der Waals surface area contributed by atoms with E-state index in [1.165, 1.54) is 0 Å². The molecule has 2 aromatic heterocycles. The molecule has 2 N–H and O–H groups in total. The molecule has 6 nitrogen and oxygen atoms in total. The number of fused-ring (bicyclic) bond motifs is 1. The van der Waals surface area contributed by atoms with Crippen LogP contribution in [0.4, 0.5) is 11.5 Å². The molecule has 2 heterocycles. The van der Waals surface area contributed by atoms with Gasteiger partial charge >= 0.3 is 0 Å². The smallest absolute Gasteiger partial charge is 0.246 e. The molecule has 3 rings (SSSR count). The molecule has 136 valence electrons. The van der Waals surface area contributed by atoms with E-state index in [1.807, 2.05) is 48.7 Å². The lowest BCUT2D eigenvalue weighted by Crippen LogP contribution is -2.30. The number of imidazole rings is 1. The van der Waals surface area contributed by atoms with Crippen molar-refractivity contribution < 1.29 is 4.79 Å². The number of pyridine rings is 1.